The van der Waals surface area contributed by atoms with Gasteiger partial charge in [-0.15, -0.1) is 11.3 Å². The van der Waals surface area contributed by atoms with Gasteiger partial charge in [-0.1, -0.05) is 18.2 Å². The van der Waals surface area contributed by atoms with Gasteiger partial charge in [0, 0.05) is 17.1 Å². The maximum Gasteiger partial charge on any atom is 0.203 e. The number of benzene rings is 1. The Morgan fingerprint density at radius 1 is 1.35 bits per heavy atom. The zero-order valence-corrected chi connectivity index (χ0v) is 10.5. The molecular formula is C12H10N2OS2. The fourth-order valence-corrected chi connectivity index (χ4v) is 2.82. The van der Waals surface area contributed by atoms with Gasteiger partial charge in [0.2, 0.25) is 5.88 Å². The first-order chi connectivity index (χ1) is 8.25. The van der Waals surface area contributed by atoms with Crippen molar-refractivity contribution in [2.24, 2.45) is 0 Å². The van der Waals surface area contributed by atoms with Crippen molar-refractivity contribution >= 4 is 34.5 Å². The summed E-state index contributed by atoms with van der Waals surface area (Å²) in [6.45, 7) is 0.595. The Balaban J connectivity index is 2.09. The molecule has 0 aliphatic heterocycles. The van der Waals surface area contributed by atoms with Crippen molar-refractivity contribution in [1.82, 2.24) is 9.55 Å². The molecule has 5 heteroatoms. The number of rotatable bonds is 2. The standard InChI is InChI=1S/C12H10N2OS2/c15-11-7-17-12(16)14(11)6-8-5-13-10-4-2-1-3-9(8)10/h1-5,7,13,15H,6H2. The molecular weight excluding hydrogens is 252 g/mol. The molecule has 86 valence electrons. The second kappa shape index (κ2) is 4.01. The van der Waals surface area contributed by atoms with Crippen molar-refractivity contribution in [1.29, 1.82) is 0 Å². The van der Waals surface area contributed by atoms with E-state index in [9.17, 15) is 5.11 Å². The predicted octanol–water partition coefficient (Wildman–Crippen LogP) is 3.51. The minimum absolute atomic E-state index is 0.227. The lowest BCUT2D eigenvalue weighted by Gasteiger charge is -2.02. The molecule has 3 rings (SSSR count). The third kappa shape index (κ3) is 1.77. The maximum absolute atomic E-state index is 9.70. The number of nitrogens with zero attached hydrogens (tertiary/aromatic N) is 1. The molecule has 0 unspecified atom stereocenters. The van der Waals surface area contributed by atoms with E-state index in [0.29, 0.717) is 10.5 Å². The van der Waals surface area contributed by atoms with Gasteiger partial charge in [0.15, 0.2) is 3.95 Å². The zero-order valence-electron chi connectivity index (χ0n) is 8.88. The Labute approximate surface area is 107 Å². The summed E-state index contributed by atoms with van der Waals surface area (Å²) < 4.78 is 2.42. The molecule has 0 fully saturated rings. The largest absolute Gasteiger partial charge is 0.494 e. The fraction of sp³-hybridized carbons (Fsp3) is 0.0833. The van der Waals surface area contributed by atoms with Crippen molar-refractivity contribution in [2.45, 2.75) is 6.54 Å². The Morgan fingerprint density at radius 2 is 2.18 bits per heavy atom. The van der Waals surface area contributed by atoms with E-state index in [2.05, 4.69) is 11.1 Å². The lowest BCUT2D eigenvalue weighted by Crippen LogP contribution is -1.97. The third-order valence-corrected chi connectivity index (χ3v) is 4.03. The van der Waals surface area contributed by atoms with Crippen LogP contribution in [0.1, 0.15) is 5.56 Å². The Morgan fingerprint density at radius 3 is 2.94 bits per heavy atom. The van der Waals surface area contributed by atoms with E-state index in [-0.39, 0.29) is 5.88 Å². The number of thiazole rings is 1. The first kappa shape index (κ1) is 10.6. The van der Waals surface area contributed by atoms with E-state index in [1.165, 1.54) is 16.7 Å². The van der Waals surface area contributed by atoms with Crippen LogP contribution in [-0.4, -0.2) is 14.7 Å². The number of para-hydroxylation sites is 1. The van der Waals surface area contributed by atoms with Crippen LogP contribution in [0.5, 0.6) is 5.88 Å². The molecule has 1 aromatic carbocycles. The van der Waals surface area contributed by atoms with E-state index in [0.717, 1.165) is 11.1 Å². The summed E-state index contributed by atoms with van der Waals surface area (Å²) in [7, 11) is 0. The van der Waals surface area contributed by atoms with Crippen LogP contribution in [-0.2, 0) is 6.54 Å². The molecule has 0 saturated heterocycles. The molecule has 0 aliphatic carbocycles. The van der Waals surface area contributed by atoms with Gasteiger partial charge in [-0.25, -0.2) is 0 Å². The van der Waals surface area contributed by atoms with Crippen molar-refractivity contribution in [3.63, 3.8) is 0 Å². The lowest BCUT2D eigenvalue weighted by atomic mass is 10.2. The van der Waals surface area contributed by atoms with E-state index in [4.69, 9.17) is 12.2 Å². The topological polar surface area (TPSA) is 41.0 Å². The number of hydrogen-bond acceptors (Lipinski definition) is 3. The number of aromatic amines is 1. The second-order valence-electron chi connectivity index (χ2n) is 3.81. The Kier molecular flexibility index (Phi) is 2.49. The number of aromatic nitrogens is 2. The number of nitrogens with one attached hydrogen (secondary N) is 1. The van der Waals surface area contributed by atoms with E-state index >= 15 is 0 Å². The van der Waals surface area contributed by atoms with Crippen LogP contribution >= 0.6 is 23.6 Å². The summed E-state index contributed by atoms with van der Waals surface area (Å²) in [6, 6.07) is 8.10. The Hall–Kier alpha value is -1.59. The molecule has 17 heavy (non-hydrogen) atoms. The maximum atomic E-state index is 9.70. The highest BCUT2D eigenvalue weighted by Gasteiger charge is 2.07. The van der Waals surface area contributed by atoms with Crippen LogP contribution in [0.15, 0.2) is 35.8 Å². The van der Waals surface area contributed by atoms with Crippen LogP contribution in [0.4, 0.5) is 0 Å². The van der Waals surface area contributed by atoms with Crippen molar-refractivity contribution in [2.75, 3.05) is 0 Å². The SMILES string of the molecule is Oc1csc(=S)n1Cc1c[nH]c2ccccc12. The second-order valence-corrected chi connectivity index (χ2v) is 5.31. The van der Waals surface area contributed by atoms with E-state index < -0.39 is 0 Å². The van der Waals surface area contributed by atoms with Gasteiger partial charge in [-0.2, -0.15) is 0 Å². The minimum Gasteiger partial charge on any atom is -0.494 e. The van der Waals surface area contributed by atoms with Crippen molar-refractivity contribution in [3.05, 3.63) is 45.4 Å². The highest BCUT2D eigenvalue weighted by atomic mass is 32.1. The van der Waals surface area contributed by atoms with Crippen LogP contribution < -0.4 is 0 Å². The molecule has 3 nitrogen and oxygen atoms in total. The summed E-state index contributed by atoms with van der Waals surface area (Å²) in [6.07, 6.45) is 1.96. The average molecular weight is 262 g/mol. The van der Waals surface area contributed by atoms with Crippen LogP contribution in [0.2, 0.25) is 0 Å². The first-order valence-corrected chi connectivity index (χ1v) is 6.47. The van der Waals surface area contributed by atoms with Crippen molar-refractivity contribution < 1.29 is 5.11 Å². The van der Waals surface area contributed by atoms with Crippen LogP contribution in [0.25, 0.3) is 10.9 Å². The lowest BCUT2D eigenvalue weighted by molar-refractivity contribution is 0.424. The zero-order chi connectivity index (χ0) is 11.8. The minimum atomic E-state index is 0.227. The number of fused-ring (bicyclic) bond motifs is 1. The summed E-state index contributed by atoms with van der Waals surface area (Å²) in [5.41, 5.74) is 2.23. The van der Waals surface area contributed by atoms with Gasteiger partial charge in [-0.3, -0.25) is 4.57 Å². The highest BCUT2D eigenvalue weighted by molar-refractivity contribution is 7.73. The monoisotopic (exact) mass is 262 g/mol. The van der Waals surface area contributed by atoms with Crippen molar-refractivity contribution in [3.8, 4) is 5.88 Å². The van der Waals surface area contributed by atoms with E-state index in [1.807, 2.05) is 24.4 Å². The summed E-state index contributed by atoms with van der Waals surface area (Å²) in [5, 5.41) is 12.5. The van der Waals surface area contributed by atoms with Gasteiger partial charge in [-0.05, 0) is 23.8 Å². The molecule has 3 aromatic rings. The fourth-order valence-electron chi connectivity index (χ4n) is 1.90. The molecule has 2 heterocycles. The summed E-state index contributed by atoms with van der Waals surface area (Å²) >= 11 is 6.56. The summed E-state index contributed by atoms with van der Waals surface area (Å²) in [5.74, 6) is 0.227. The molecule has 0 radical (unpaired) electrons. The molecule has 0 spiro atoms. The third-order valence-electron chi connectivity index (χ3n) is 2.77. The number of aromatic hydroxyl groups is 1. The van der Waals surface area contributed by atoms with Gasteiger partial charge < -0.3 is 10.1 Å². The Bertz CT molecular complexity index is 723. The molecule has 0 bridgehead atoms. The van der Waals surface area contributed by atoms with Crippen LogP contribution in [0.3, 0.4) is 0 Å². The molecule has 0 atom stereocenters. The van der Waals surface area contributed by atoms with Gasteiger partial charge in [0.05, 0.1) is 11.9 Å². The molecule has 2 aromatic heterocycles. The first-order valence-electron chi connectivity index (χ1n) is 5.18. The summed E-state index contributed by atoms with van der Waals surface area (Å²) in [4.78, 5) is 3.21. The quantitative estimate of drug-likeness (QED) is 0.694. The number of H-pyrrole nitrogens is 1. The van der Waals surface area contributed by atoms with Gasteiger partial charge >= 0.3 is 0 Å². The van der Waals surface area contributed by atoms with Crippen LogP contribution in [0, 0.1) is 3.95 Å². The average Bonchev–Trinajstić information content (AvgIpc) is 2.88. The predicted molar refractivity (Wildman–Crippen MR) is 72.2 cm³/mol. The molecule has 0 aliphatic rings. The number of hydrogen-bond donors (Lipinski definition) is 2. The normalized spacial score (nSPS) is 11.1. The smallest absolute Gasteiger partial charge is 0.203 e. The van der Waals surface area contributed by atoms with Gasteiger partial charge in [0.1, 0.15) is 0 Å². The van der Waals surface area contributed by atoms with Gasteiger partial charge in [0.25, 0.3) is 0 Å². The highest BCUT2D eigenvalue weighted by Crippen LogP contribution is 2.23. The molecule has 0 saturated carbocycles. The molecule has 2 N–H and O–H groups in total. The molecule has 0 amide bonds. The van der Waals surface area contributed by atoms with E-state index in [1.54, 1.807) is 9.95 Å².